The Morgan fingerprint density at radius 3 is 2.30 bits per heavy atom. The second-order valence-electron chi connectivity index (χ2n) is 3.21. The third kappa shape index (κ3) is 0.695. The number of alkyl halides is 6. The number of hydrogen-bond donors (Lipinski definition) is 0. The van der Waals surface area contributed by atoms with Gasteiger partial charge in [-0.1, -0.05) is 0 Å². The summed E-state index contributed by atoms with van der Waals surface area (Å²) >= 11 is 0.858. The normalized spacial score (nSPS) is 47.2. The van der Waals surface area contributed by atoms with Crippen molar-refractivity contribution in [3.05, 3.63) is 0 Å². The monoisotopic (exact) mass is 479 g/mol. The van der Waals surface area contributed by atoms with Crippen molar-refractivity contribution in [3.8, 4) is 0 Å². The van der Waals surface area contributed by atoms with Gasteiger partial charge in [0.05, 0.1) is 0 Å². The van der Waals surface area contributed by atoms with Crippen molar-refractivity contribution in [3.63, 3.8) is 0 Å². The van der Waals surface area contributed by atoms with Gasteiger partial charge in [-0.3, -0.25) is 0 Å². The fourth-order valence-electron chi connectivity index (χ4n) is 2.15. The number of halogens is 3. The van der Waals surface area contributed by atoms with Gasteiger partial charge in [0.2, 0.25) is 0 Å². The topological polar surface area (TPSA) is 0 Å². The van der Waals surface area contributed by atoms with E-state index in [4.69, 9.17) is 0 Å². The molecule has 0 radical (unpaired) electrons. The first-order valence-electron chi connectivity index (χ1n) is 3.89. The van der Waals surface area contributed by atoms with E-state index in [1.54, 1.807) is 10.8 Å². The van der Waals surface area contributed by atoms with Gasteiger partial charge >= 0.3 is 75.2 Å². The molecule has 0 aromatic rings. The van der Waals surface area contributed by atoms with Crippen molar-refractivity contribution in [2.24, 2.45) is 0 Å². The van der Waals surface area contributed by atoms with Crippen molar-refractivity contribution in [1.82, 2.24) is 0 Å². The van der Waals surface area contributed by atoms with Crippen LogP contribution in [0.5, 0.6) is 0 Å². The van der Waals surface area contributed by atoms with Crippen molar-refractivity contribution in [2.45, 2.75) is 6.42 Å². The Labute approximate surface area is 73.6 Å². The molecule has 64 valence electrons. The van der Waals surface area contributed by atoms with Crippen LogP contribution in [0.15, 0.2) is 0 Å². The molecule has 0 saturated carbocycles. The number of hydrogen-bond acceptors (Lipinski definition) is 0. The van der Waals surface area contributed by atoms with Crippen LogP contribution in [0.2, 0.25) is 0 Å². The summed E-state index contributed by atoms with van der Waals surface area (Å²) in [5.74, 6) is 0. The van der Waals surface area contributed by atoms with Gasteiger partial charge < -0.3 is 0 Å². The molecule has 0 aromatic heterocycles. The molecule has 0 N–H and O–H groups in total. The van der Waals surface area contributed by atoms with Gasteiger partial charge in [-0.25, -0.2) is 0 Å². The zero-order chi connectivity index (χ0) is 6.68. The van der Waals surface area contributed by atoms with Crippen molar-refractivity contribution in [2.75, 3.05) is 26.6 Å². The van der Waals surface area contributed by atoms with Crippen LogP contribution in [-0.2, 0) is 0 Å². The molecule has 0 aliphatic carbocycles. The van der Waals surface area contributed by atoms with E-state index in [2.05, 4.69) is 0 Å². The van der Waals surface area contributed by atoms with Gasteiger partial charge in [0, 0.05) is 0 Å². The first-order chi connectivity index (χ1) is 4.84. The van der Waals surface area contributed by atoms with E-state index in [-0.39, 0.29) is 15.8 Å². The molecular weight excluding hydrogens is 465 g/mol. The average Bonchev–Trinajstić information content (AvgIpc) is 2.05. The first kappa shape index (κ1) is 7.58. The Bertz CT molecular complexity index is 177. The molecular formula is C7H14I3-. The van der Waals surface area contributed by atoms with Gasteiger partial charge in [0.25, 0.3) is 0 Å². The second kappa shape index (κ2) is 2.16. The molecule has 3 fully saturated rings. The molecule has 0 aromatic carbocycles. The predicted molar refractivity (Wildman–Crippen MR) is 61.9 cm³/mol. The molecule has 3 aliphatic rings. The zero-order valence-electron chi connectivity index (χ0n) is 6.08. The Kier molecular flexibility index (Phi) is 1.64. The van der Waals surface area contributed by atoms with E-state index < -0.39 is 9.10 Å². The molecule has 3 aliphatic heterocycles. The van der Waals surface area contributed by atoms with Crippen LogP contribution in [0.4, 0.5) is 0 Å². The quantitative estimate of drug-likeness (QED) is 0.323. The van der Waals surface area contributed by atoms with Gasteiger partial charge in [-0.15, -0.1) is 0 Å². The minimum atomic E-state index is -1.09. The van der Waals surface area contributed by atoms with Crippen LogP contribution < -0.4 is 17.2 Å². The van der Waals surface area contributed by atoms with Gasteiger partial charge in [0.1, 0.15) is 0 Å². The van der Waals surface area contributed by atoms with Crippen molar-refractivity contribution >= 4 is 24.9 Å². The van der Waals surface area contributed by atoms with E-state index in [1.807, 2.05) is 22.1 Å². The summed E-state index contributed by atoms with van der Waals surface area (Å²) in [4.78, 5) is 0. The minimum absolute atomic E-state index is 0.0608. The van der Waals surface area contributed by atoms with Crippen LogP contribution >= 0.6 is 24.9 Å². The standard InChI is InChI=1S/C7H14I3/c1-3-9-4-7-10(9,5-1)6-2-8-10/h1-7H2/q-1. The first-order valence-corrected chi connectivity index (χ1v) is 25.6. The summed E-state index contributed by atoms with van der Waals surface area (Å²) in [6, 6.07) is 0. The molecule has 0 bridgehead atoms. The van der Waals surface area contributed by atoms with Gasteiger partial charge in [-0.2, -0.15) is 0 Å². The summed E-state index contributed by atoms with van der Waals surface area (Å²) in [6.45, 7) is 0. The molecule has 3 rings (SSSR count). The number of rotatable bonds is 0. The van der Waals surface area contributed by atoms with Gasteiger partial charge in [-0.05, 0) is 0 Å². The summed E-state index contributed by atoms with van der Waals surface area (Å²) in [6.07, 6.45) is 1.74. The molecule has 1 spiro atoms. The third-order valence-corrected chi connectivity index (χ3v) is 108. The van der Waals surface area contributed by atoms with E-state index in [9.17, 15) is 0 Å². The summed E-state index contributed by atoms with van der Waals surface area (Å²) < 4.78 is 11.2. The third-order valence-electron chi connectivity index (χ3n) is 2.88. The summed E-state index contributed by atoms with van der Waals surface area (Å²) in [5.41, 5.74) is 0. The fourth-order valence-corrected chi connectivity index (χ4v) is 120. The molecule has 0 amide bonds. The molecule has 0 nitrogen and oxygen atoms in total. The Morgan fingerprint density at radius 1 is 1.10 bits per heavy atom. The molecule has 0 unspecified atom stereocenters. The molecule has 3 saturated heterocycles. The average molecular weight is 479 g/mol. The Morgan fingerprint density at radius 2 is 2.00 bits per heavy atom. The molecule has 10 heavy (non-hydrogen) atoms. The molecule has 3 heterocycles. The zero-order valence-corrected chi connectivity index (χ0v) is 12.6. The van der Waals surface area contributed by atoms with Crippen LogP contribution in [0.3, 0.4) is 0 Å². The summed E-state index contributed by atoms with van der Waals surface area (Å²) in [5, 5.41) is 0. The molecule has 0 atom stereocenters. The Balaban J connectivity index is 2.01. The van der Waals surface area contributed by atoms with Crippen molar-refractivity contribution < 1.29 is 17.2 Å². The van der Waals surface area contributed by atoms with Crippen LogP contribution in [0, 0.1) is 0 Å². The van der Waals surface area contributed by atoms with Gasteiger partial charge in [0.15, 0.2) is 0 Å². The van der Waals surface area contributed by atoms with E-state index in [0.717, 1.165) is 17.2 Å². The van der Waals surface area contributed by atoms with E-state index >= 15 is 0 Å². The van der Waals surface area contributed by atoms with Crippen molar-refractivity contribution in [1.29, 1.82) is 0 Å². The second-order valence-corrected chi connectivity index (χ2v) is 70.2. The fraction of sp³-hybridized carbons (Fsp3) is 1.00. The maximum atomic E-state index is 1.91. The predicted octanol–water partition coefficient (Wildman–Crippen LogP) is -0.579. The van der Waals surface area contributed by atoms with E-state index in [0.29, 0.717) is 0 Å². The van der Waals surface area contributed by atoms with Crippen LogP contribution in [-0.4, -0.2) is 26.6 Å². The van der Waals surface area contributed by atoms with Crippen LogP contribution in [0.25, 0.3) is 0 Å². The maximum absolute atomic E-state index is 1.91. The summed E-state index contributed by atoms with van der Waals surface area (Å²) in [7, 11) is -1.09. The van der Waals surface area contributed by atoms with Crippen LogP contribution in [0.1, 0.15) is 6.42 Å². The van der Waals surface area contributed by atoms with E-state index in [1.165, 1.54) is 0 Å². The SMILES string of the molecule is C1CI2CCI23(C1)CC[I-]3. The Hall–Kier alpha value is 2.19. The molecule has 3 heteroatoms.